The molecule has 0 radical (unpaired) electrons. The van der Waals surface area contributed by atoms with Crippen molar-refractivity contribution in [1.29, 1.82) is 0 Å². The average molecular weight is 600 g/mol. The number of hydrogen-bond acceptors (Lipinski definition) is 6. The van der Waals surface area contributed by atoms with Crippen LogP contribution in [0, 0.1) is 5.92 Å². The van der Waals surface area contributed by atoms with Crippen LogP contribution in [0.25, 0.3) is 0 Å². The Kier molecular flexibility index (Phi) is 9.77. The van der Waals surface area contributed by atoms with E-state index in [1.54, 1.807) is 67.6 Å². The number of rotatable bonds is 11. The standard InChI is InChI=1S/C30H34ClN3O6S/c1-21(2)18-32-30(36)22(3)33(19-23-8-7-9-24(31)16-23)29(35)20-34(41(37,38)26-10-5-4-6-11-26)25-12-13-27-28(17-25)40-15-14-39-27/h4-13,16-17,21-22H,14-15,18-20H2,1-3H3,(H,32,36). The zero-order valence-corrected chi connectivity index (χ0v) is 24.8. The minimum atomic E-state index is -4.19. The molecule has 2 amide bonds. The van der Waals surface area contributed by atoms with E-state index in [1.807, 2.05) is 13.8 Å². The summed E-state index contributed by atoms with van der Waals surface area (Å²) >= 11 is 6.19. The normalized spacial score (nSPS) is 13.4. The Labute approximate surface area is 246 Å². The van der Waals surface area contributed by atoms with Crippen molar-refractivity contribution in [3.63, 3.8) is 0 Å². The first-order chi connectivity index (χ1) is 19.6. The fourth-order valence-corrected chi connectivity index (χ4v) is 5.94. The zero-order chi connectivity index (χ0) is 29.6. The molecule has 1 heterocycles. The molecule has 0 aromatic heterocycles. The van der Waals surface area contributed by atoms with Gasteiger partial charge in [0.1, 0.15) is 25.8 Å². The van der Waals surface area contributed by atoms with Gasteiger partial charge in [-0.2, -0.15) is 0 Å². The molecule has 1 N–H and O–H groups in total. The number of anilines is 1. The van der Waals surface area contributed by atoms with Crippen molar-refractivity contribution < 1.29 is 27.5 Å². The Morgan fingerprint density at radius 3 is 2.32 bits per heavy atom. The van der Waals surface area contributed by atoms with E-state index in [0.717, 1.165) is 4.31 Å². The number of carbonyl (C=O) groups is 2. The molecule has 3 aromatic rings. The van der Waals surface area contributed by atoms with Gasteiger partial charge in [-0.25, -0.2) is 8.42 Å². The molecular formula is C30H34ClN3O6S. The molecule has 0 spiro atoms. The topological polar surface area (TPSA) is 105 Å². The monoisotopic (exact) mass is 599 g/mol. The van der Waals surface area contributed by atoms with E-state index >= 15 is 0 Å². The van der Waals surface area contributed by atoms with Gasteiger partial charge >= 0.3 is 0 Å². The third kappa shape index (κ3) is 7.51. The fourth-order valence-electron chi connectivity index (χ4n) is 4.30. The zero-order valence-electron chi connectivity index (χ0n) is 23.2. The van der Waals surface area contributed by atoms with Crippen LogP contribution >= 0.6 is 11.6 Å². The Hall–Kier alpha value is -3.76. The van der Waals surface area contributed by atoms with Gasteiger partial charge < -0.3 is 19.7 Å². The number of halogens is 1. The van der Waals surface area contributed by atoms with Gasteiger partial charge in [-0.1, -0.05) is 55.8 Å². The number of nitrogens with zero attached hydrogens (tertiary/aromatic N) is 2. The SMILES string of the molecule is CC(C)CNC(=O)C(C)N(Cc1cccc(Cl)c1)C(=O)CN(c1ccc2c(c1)OCCO2)S(=O)(=O)c1ccccc1. The van der Waals surface area contributed by atoms with Gasteiger partial charge in [0.25, 0.3) is 10.0 Å². The van der Waals surface area contributed by atoms with E-state index in [4.69, 9.17) is 21.1 Å². The van der Waals surface area contributed by atoms with E-state index in [1.165, 1.54) is 17.0 Å². The lowest BCUT2D eigenvalue weighted by molar-refractivity contribution is -0.139. The van der Waals surface area contributed by atoms with Crippen molar-refractivity contribution >= 4 is 39.1 Å². The lowest BCUT2D eigenvalue weighted by Gasteiger charge is -2.32. The van der Waals surface area contributed by atoms with Crippen LogP contribution in [0.1, 0.15) is 26.3 Å². The van der Waals surface area contributed by atoms with Crippen molar-refractivity contribution in [1.82, 2.24) is 10.2 Å². The smallest absolute Gasteiger partial charge is 0.264 e. The first-order valence-electron chi connectivity index (χ1n) is 13.4. The maximum Gasteiger partial charge on any atom is 0.264 e. The number of fused-ring (bicyclic) bond motifs is 1. The molecule has 4 rings (SSSR count). The van der Waals surface area contributed by atoms with Gasteiger partial charge in [0, 0.05) is 24.2 Å². The molecule has 1 aliphatic heterocycles. The van der Waals surface area contributed by atoms with Crippen LogP contribution in [0.3, 0.4) is 0 Å². The van der Waals surface area contributed by atoms with Crippen molar-refractivity contribution in [2.45, 2.75) is 38.3 Å². The summed E-state index contributed by atoms with van der Waals surface area (Å²) in [6.45, 7) is 6.20. The minimum absolute atomic E-state index is 0.0202. The third-order valence-electron chi connectivity index (χ3n) is 6.52. The van der Waals surface area contributed by atoms with Crippen LogP contribution in [0.4, 0.5) is 5.69 Å². The molecule has 1 unspecified atom stereocenters. The van der Waals surface area contributed by atoms with E-state index in [2.05, 4.69) is 5.32 Å². The molecule has 1 atom stereocenters. The van der Waals surface area contributed by atoms with Gasteiger partial charge in [-0.15, -0.1) is 0 Å². The van der Waals surface area contributed by atoms with Crippen LogP contribution in [-0.4, -0.2) is 57.5 Å². The largest absolute Gasteiger partial charge is 0.486 e. The van der Waals surface area contributed by atoms with Crippen molar-refractivity contribution in [3.05, 3.63) is 83.4 Å². The van der Waals surface area contributed by atoms with Gasteiger partial charge in [-0.3, -0.25) is 13.9 Å². The number of nitrogens with one attached hydrogen (secondary N) is 1. The Bertz CT molecular complexity index is 1480. The van der Waals surface area contributed by atoms with Crippen molar-refractivity contribution in [2.75, 3.05) is 30.6 Å². The summed E-state index contributed by atoms with van der Waals surface area (Å²) in [5.74, 6) is 0.176. The Morgan fingerprint density at radius 1 is 0.927 bits per heavy atom. The highest BCUT2D eigenvalue weighted by Crippen LogP contribution is 2.36. The van der Waals surface area contributed by atoms with E-state index in [0.29, 0.717) is 41.8 Å². The lowest BCUT2D eigenvalue weighted by atomic mass is 10.1. The van der Waals surface area contributed by atoms with Crippen LogP contribution in [-0.2, 0) is 26.2 Å². The molecule has 0 saturated carbocycles. The van der Waals surface area contributed by atoms with Gasteiger partial charge in [0.05, 0.1) is 10.6 Å². The molecule has 0 fully saturated rings. The van der Waals surface area contributed by atoms with Gasteiger partial charge in [0.2, 0.25) is 11.8 Å². The highest BCUT2D eigenvalue weighted by Gasteiger charge is 2.33. The molecule has 0 saturated heterocycles. The summed E-state index contributed by atoms with van der Waals surface area (Å²) in [6.07, 6.45) is 0. The first kappa shape index (κ1) is 30.2. The molecule has 41 heavy (non-hydrogen) atoms. The second-order valence-corrected chi connectivity index (χ2v) is 12.4. The highest BCUT2D eigenvalue weighted by molar-refractivity contribution is 7.92. The Balaban J connectivity index is 1.72. The third-order valence-corrected chi connectivity index (χ3v) is 8.54. The summed E-state index contributed by atoms with van der Waals surface area (Å²) < 4.78 is 40.2. The van der Waals surface area contributed by atoms with Crippen LogP contribution in [0.5, 0.6) is 11.5 Å². The van der Waals surface area contributed by atoms with Crippen LogP contribution in [0.15, 0.2) is 77.7 Å². The fraction of sp³-hybridized carbons (Fsp3) is 0.333. The van der Waals surface area contributed by atoms with Crippen LogP contribution in [0.2, 0.25) is 5.02 Å². The predicted molar refractivity (Wildman–Crippen MR) is 158 cm³/mol. The first-order valence-corrected chi connectivity index (χ1v) is 15.2. The predicted octanol–water partition coefficient (Wildman–Crippen LogP) is 4.50. The Morgan fingerprint density at radius 2 is 1.63 bits per heavy atom. The highest BCUT2D eigenvalue weighted by atomic mass is 35.5. The number of hydrogen-bond donors (Lipinski definition) is 1. The molecule has 0 aliphatic carbocycles. The number of ether oxygens (including phenoxy) is 2. The van der Waals surface area contributed by atoms with Crippen molar-refractivity contribution in [3.8, 4) is 11.5 Å². The maximum absolute atomic E-state index is 14.0. The maximum atomic E-state index is 14.0. The van der Waals surface area contributed by atoms with E-state index in [9.17, 15) is 18.0 Å². The van der Waals surface area contributed by atoms with E-state index in [-0.39, 0.29) is 29.0 Å². The van der Waals surface area contributed by atoms with Gasteiger partial charge in [-0.05, 0) is 54.8 Å². The molecule has 218 valence electrons. The van der Waals surface area contributed by atoms with Crippen LogP contribution < -0.4 is 19.1 Å². The number of amides is 2. The van der Waals surface area contributed by atoms with Gasteiger partial charge in [0.15, 0.2) is 11.5 Å². The molecule has 0 bridgehead atoms. The second-order valence-electron chi connectivity index (χ2n) is 10.1. The lowest BCUT2D eigenvalue weighted by Crippen LogP contribution is -2.51. The minimum Gasteiger partial charge on any atom is -0.486 e. The quantitative estimate of drug-likeness (QED) is 0.348. The number of carbonyl (C=O) groups excluding carboxylic acids is 2. The van der Waals surface area contributed by atoms with E-state index < -0.39 is 28.5 Å². The summed E-state index contributed by atoms with van der Waals surface area (Å²) in [5, 5.41) is 3.35. The summed E-state index contributed by atoms with van der Waals surface area (Å²) in [6, 6.07) is 18.7. The molecule has 1 aliphatic rings. The molecule has 3 aromatic carbocycles. The molecule has 9 nitrogen and oxygen atoms in total. The average Bonchev–Trinajstić information content (AvgIpc) is 2.97. The summed E-state index contributed by atoms with van der Waals surface area (Å²) in [4.78, 5) is 28.5. The molecule has 11 heteroatoms. The summed E-state index contributed by atoms with van der Waals surface area (Å²) in [5.41, 5.74) is 0.928. The number of benzene rings is 3. The second kappa shape index (κ2) is 13.3. The molecular weight excluding hydrogens is 566 g/mol. The van der Waals surface area contributed by atoms with Crippen molar-refractivity contribution in [2.24, 2.45) is 5.92 Å². The summed E-state index contributed by atoms with van der Waals surface area (Å²) in [7, 11) is -4.19. The number of sulfonamides is 1.